The summed E-state index contributed by atoms with van der Waals surface area (Å²) < 4.78 is 21.3. The van der Waals surface area contributed by atoms with Crippen LogP contribution in [-0.4, -0.2) is 71.4 Å². The van der Waals surface area contributed by atoms with Gasteiger partial charge in [-0.25, -0.2) is 0 Å². The molecule has 0 aromatic heterocycles. The molecule has 1 aliphatic heterocycles. The van der Waals surface area contributed by atoms with Crippen molar-refractivity contribution in [2.24, 2.45) is 5.92 Å². The zero-order valence-corrected chi connectivity index (χ0v) is 18.9. The Balaban J connectivity index is 1.90. The smallest absolute Gasteiger partial charge is 0.253 e. The summed E-state index contributed by atoms with van der Waals surface area (Å²) in [5.41, 5.74) is 1.38. The van der Waals surface area contributed by atoms with Crippen molar-refractivity contribution in [1.82, 2.24) is 10.2 Å². The second-order valence-corrected chi connectivity index (χ2v) is 7.52. The van der Waals surface area contributed by atoms with Crippen LogP contribution < -0.4 is 19.5 Å². The van der Waals surface area contributed by atoms with Crippen molar-refractivity contribution in [2.75, 3.05) is 54.7 Å². The lowest BCUT2D eigenvalue weighted by molar-refractivity contribution is -0.125. The van der Waals surface area contributed by atoms with Crippen molar-refractivity contribution in [2.45, 2.75) is 5.92 Å². The Kier molecular flexibility index (Phi) is 7.94. The summed E-state index contributed by atoms with van der Waals surface area (Å²) in [5, 5.41) is 2.92. The molecule has 2 amide bonds. The second kappa shape index (κ2) is 10.9. The fourth-order valence-corrected chi connectivity index (χ4v) is 4.08. The number of carbonyl (C=O) groups is 2. The highest BCUT2D eigenvalue weighted by Gasteiger charge is 2.42. The summed E-state index contributed by atoms with van der Waals surface area (Å²) in [6.45, 7) is 1.51. The molecule has 1 N–H and O–H groups in total. The van der Waals surface area contributed by atoms with Crippen LogP contribution in [-0.2, 0) is 9.53 Å². The molecule has 0 aliphatic carbocycles. The third kappa shape index (κ3) is 4.96. The minimum absolute atomic E-state index is 0.123. The van der Waals surface area contributed by atoms with Gasteiger partial charge in [0.1, 0.15) is 5.75 Å². The minimum atomic E-state index is -0.435. The lowest BCUT2D eigenvalue weighted by atomic mass is 9.87. The number of amides is 2. The van der Waals surface area contributed by atoms with Crippen LogP contribution in [0.4, 0.5) is 0 Å². The number of nitrogens with one attached hydrogen (secondary N) is 1. The van der Waals surface area contributed by atoms with Crippen LogP contribution in [0.15, 0.2) is 42.5 Å². The molecule has 0 saturated carbocycles. The van der Waals surface area contributed by atoms with Gasteiger partial charge >= 0.3 is 0 Å². The minimum Gasteiger partial charge on any atom is -0.497 e. The summed E-state index contributed by atoms with van der Waals surface area (Å²) in [6.07, 6.45) is 0. The molecule has 2 aromatic rings. The van der Waals surface area contributed by atoms with E-state index in [-0.39, 0.29) is 17.7 Å². The number of hydrogen-bond donors (Lipinski definition) is 1. The Bertz CT molecular complexity index is 931. The molecule has 1 aliphatic rings. The van der Waals surface area contributed by atoms with Crippen molar-refractivity contribution in [3.8, 4) is 17.2 Å². The van der Waals surface area contributed by atoms with Crippen LogP contribution in [0.1, 0.15) is 21.8 Å². The van der Waals surface area contributed by atoms with Crippen LogP contribution in [0.5, 0.6) is 17.2 Å². The molecule has 2 aromatic carbocycles. The maximum atomic E-state index is 13.2. The largest absolute Gasteiger partial charge is 0.497 e. The van der Waals surface area contributed by atoms with Gasteiger partial charge in [0.25, 0.3) is 5.91 Å². The number of likely N-dealkylation sites (tertiary alicyclic amines) is 1. The quantitative estimate of drug-likeness (QED) is 0.600. The molecular formula is C24H30N2O6. The van der Waals surface area contributed by atoms with Gasteiger partial charge in [0, 0.05) is 43.8 Å². The summed E-state index contributed by atoms with van der Waals surface area (Å²) in [5.74, 6) is 0.905. The number of rotatable bonds is 9. The zero-order chi connectivity index (χ0) is 23.1. The fraction of sp³-hybridized carbons (Fsp3) is 0.417. The average Bonchev–Trinajstić information content (AvgIpc) is 3.28. The van der Waals surface area contributed by atoms with Gasteiger partial charge in [0.15, 0.2) is 11.5 Å². The van der Waals surface area contributed by atoms with Crippen molar-refractivity contribution < 1.29 is 28.5 Å². The Hall–Kier alpha value is -3.26. The van der Waals surface area contributed by atoms with Gasteiger partial charge in [-0.3, -0.25) is 9.59 Å². The normalized spacial score (nSPS) is 17.7. The molecule has 2 atom stereocenters. The highest BCUT2D eigenvalue weighted by Crippen LogP contribution is 2.42. The molecule has 0 spiro atoms. The molecule has 0 radical (unpaired) electrons. The standard InChI is InChI=1S/C24H30N2O6/c1-29-13-12-25-23(27)20-15-26(24(28)16-8-10-17(30-2)11-9-16)14-19(20)18-6-5-7-21(31-3)22(18)32-4/h5-11,19-20H,12-15H2,1-4H3,(H,25,27)/t19-,20-/m1/s1. The molecule has 1 fully saturated rings. The van der Waals surface area contributed by atoms with E-state index in [2.05, 4.69) is 5.32 Å². The van der Waals surface area contributed by atoms with Crippen LogP contribution >= 0.6 is 0 Å². The summed E-state index contributed by atoms with van der Waals surface area (Å²) in [6, 6.07) is 12.6. The Morgan fingerprint density at radius 3 is 2.34 bits per heavy atom. The predicted octanol–water partition coefficient (Wildman–Crippen LogP) is 2.33. The summed E-state index contributed by atoms with van der Waals surface area (Å²) >= 11 is 0. The highest BCUT2D eigenvalue weighted by atomic mass is 16.5. The van der Waals surface area contributed by atoms with Crippen LogP contribution in [0, 0.1) is 5.92 Å². The van der Waals surface area contributed by atoms with E-state index in [0.717, 1.165) is 5.56 Å². The number of methoxy groups -OCH3 is 4. The van der Waals surface area contributed by atoms with Gasteiger partial charge in [0.2, 0.25) is 5.91 Å². The molecule has 3 rings (SSSR count). The average molecular weight is 443 g/mol. The lowest BCUT2D eigenvalue weighted by Gasteiger charge is -2.21. The van der Waals surface area contributed by atoms with E-state index in [1.165, 1.54) is 0 Å². The number of nitrogens with zero attached hydrogens (tertiary/aromatic N) is 1. The van der Waals surface area contributed by atoms with Crippen molar-refractivity contribution in [1.29, 1.82) is 0 Å². The Morgan fingerprint density at radius 1 is 0.969 bits per heavy atom. The third-order valence-corrected chi connectivity index (χ3v) is 5.72. The van der Waals surface area contributed by atoms with Gasteiger partial charge in [-0.05, 0) is 30.3 Å². The topological polar surface area (TPSA) is 86.3 Å². The summed E-state index contributed by atoms with van der Waals surface area (Å²) in [7, 11) is 6.31. The number of benzene rings is 2. The number of carbonyl (C=O) groups excluding carboxylic acids is 2. The fourth-order valence-electron chi connectivity index (χ4n) is 4.08. The highest BCUT2D eigenvalue weighted by molar-refractivity contribution is 5.95. The molecule has 0 bridgehead atoms. The predicted molar refractivity (Wildman–Crippen MR) is 120 cm³/mol. The van der Waals surface area contributed by atoms with Crippen LogP contribution in [0.25, 0.3) is 0 Å². The lowest BCUT2D eigenvalue weighted by Crippen LogP contribution is -2.37. The molecule has 8 heteroatoms. The SMILES string of the molecule is COCCNC(=O)[C@@H]1CN(C(=O)c2ccc(OC)cc2)C[C@@H]1c1cccc(OC)c1OC. The molecule has 1 saturated heterocycles. The van der Waals surface area contributed by atoms with Crippen LogP contribution in [0.2, 0.25) is 0 Å². The van der Waals surface area contributed by atoms with E-state index >= 15 is 0 Å². The Morgan fingerprint density at radius 2 is 1.72 bits per heavy atom. The molecule has 172 valence electrons. The molecule has 8 nitrogen and oxygen atoms in total. The maximum absolute atomic E-state index is 13.2. The first-order valence-electron chi connectivity index (χ1n) is 10.4. The first-order valence-corrected chi connectivity index (χ1v) is 10.4. The maximum Gasteiger partial charge on any atom is 0.253 e. The van der Waals surface area contributed by atoms with E-state index in [1.54, 1.807) is 57.6 Å². The van der Waals surface area contributed by atoms with E-state index < -0.39 is 5.92 Å². The summed E-state index contributed by atoms with van der Waals surface area (Å²) in [4.78, 5) is 28.0. The van der Waals surface area contributed by atoms with Gasteiger partial charge in [-0.2, -0.15) is 0 Å². The van der Waals surface area contributed by atoms with Gasteiger partial charge in [-0.15, -0.1) is 0 Å². The van der Waals surface area contributed by atoms with E-state index in [1.807, 2.05) is 18.2 Å². The van der Waals surface area contributed by atoms with Crippen molar-refractivity contribution >= 4 is 11.8 Å². The van der Waals surface area contributed by atoms with Crippen molar-refractivity contribution in [3.05, 3.63) is 53.6 Å². The second-order valence-electron chi connectivity index (χ2n) is 7.52. The number of hydrogen-bond acceptors (Lipinski definition) is 6. The van der Waals surface area contributed by atoms with Gasteiger partial charge in [-0.1, -0.05) is 12.1 Å². The van der Waals surface area contributed by atoms with Crippen molar-refractivity contribution in [3.63, 3.8) is 0 Å². The monoisotopic (exact) mass is 442 g/mol. The number of ether oxygens (including phenoxy) is 4. The van der Waals surface area contributed by atoms with E-state index in [4.69, 9.17) is 18.9 Å². The third-order valence-electron chi connectivity index (χ3n) is 5.72. The molecule has 0 unspecified atom stereocenters. The Labute approximate surface area is 188 Å². The zero-order valence-electron chi connectivity index (χ0n) is 18.9. The molecule has 32 heavy (non-hydrogen) atoms. The van der Waals surface area contributed by atoms with E-state index in [9.17, 15) is 9.59 Å². The van der Waals surface area contributed by atoms with E-state index in [0.29, 0.717) is 49.1 Å². The van der Waals surface area contributed by atoms with Gasteiger partial charge < -0.3 is 29.2 Å². The van der Waals surface area contributed by atoms with Crippen LogP contribution in [0.3, 0.4) is 0 Å². The number of para-hydroxylation sites is 1. The first-order chi connectivity index (χ1) is 15.5. The first kappa shape index (κ1) is 23.4. The van der Waals surface area contributed by atoms with Gasteiger partial charge in [0.05, 0.1) is 33.9 Å². The molecular weight excluding hydrogens is 412 g/mol. The molecule has 1 heterocycles.